The monoisotopic (exact) mass is 426 g/mol. The molecule has 0 aromatic heterocycles. The maximum atomic E-state index is 13.1. The number of ether oxygens (including phenoxy) is 1. The van der Waals surface area contributed by atoms with Gasteiger partial charge in [-0.25, -0.2) is 13.6 Å². The standard InChI is InChI=1S/C20H28F2N4O4/c1-20(2,3)30-19(29)26-8-6-25(7-9-26)5-4-23-17(27)13-24-18(28)14-10-15(21)12-16(22)11-14/h10-12H,4-9,13H2,1-3H3,(H,23,27)(H,24,28). The number of hydrogen-bond donors (Lipinski definition) is 2. The quantitative estimate of drug-likeness (QED) is 0.717. The van der Waals surface area contributed by atoms with Crippen LogP contribution in [0.15, 0.2) is 18.2 Å². The summed E-state index contributed by atoms with van der Waals surface area (Å²) in [5.74, 6) is -2.87. The van der Waals surface area contributed by atoms with Crippen LogP contribution < -0.4 is 10.6 Å². The van der Waals surface area contributed by atoms with Gasteiger partial charge in [0.25, 0.3) is 5.91 Å². The molecule has 0 unspecified atom stereocenters. The molecule has 0 bridgehead atoms. The first-order valence-corrected chi connectivity index (χ1v) is 9.75. The van der Waals surface area contributed by atoms with Gasteiger partial charge in [-0.3, -0.25) is 14.5 Å². The fourth-order valence-corrected chi connectivity index (χ4v) is 2.84. The molecule has 1 saturated heterocycles. The van der Waals surface area contributed by atoms with Gasteiger partial charge in [-0.15, -0.1) is 0 Å². The molecule has 0 aliphatic carbocycles. The van der Waals surface area contributed by atoms with Crippen LogP contribution in [-0.2, 0) is 9.53 Å². The van der Waals surface area contributed by atoms with Crippen molar-refractivity contribution in [2.24, 2.45) is 0 Å². The third kappa shape index (κ3) is 7.94. The zero-order chi connectivity index (χ0) is 22.3. The summed E-state index contributed by atoms with van der Waals surface area (Å²) in [4.78, 5) is 39.5. The van der Waals surface area contributed by atoms with Crippen LogP contribution in [0.25, 0.3) is 0 Å². The van der Waals surface area contributed by atoms with Crippen LogP contribution in [0, 0.1) is 11.6 Å². The first-order chi connectivity index (χ1) is 14.0. The van der Waals surface area contributed by atoms with Gasteiger partial charge in [0.2, 0.25) is 5.91 Å². The van der Waals surface area contributed by atoms with Gasteiger partial charge in [0.05, 0.1) is 6.54 Å². The number of halogens is 2. The molecular formula is C20H28F2N4O4. The van der Waals surface area contributed by atoms with Crippen molar-refractivity contribution in [3.05, 3.63) is 35.4 Å². The number of amides is 3. The molecule has 30 heavy (non-hydrogen) atoms. The van der Waals surface area contributed by atoms with Crippen LogP contribution in [0.2, 0.25) is 0 Å². The molecule has 0 radical (unpaired) electrons. The molecule has 2 rings (SSSR count). The summed E-state index contributed by atoms with van der Waals surface area (Å²) in [6, 6.07) is 2.46. The summed E-state index contributed by atoms with van der Waals surface area (Å²) in [6.45, 7) is 8.55. The maximum absolute atomic E-state index is 13.1. The first-order valence-electron chi connectivity index (χ1n) is 9.75. The minimum atomic E-state index is -0.864. The molecule has 1 aromatic rings. The number of hydrogen-bond acceptors (Lipinski definition) is 5. The van der Waals surface area contributed by atoms with Crippen molar-refractivity contribution in [2.75, 3.05) is 45.8 Å². The second-order valence-corrected chi connectivity index (χ2v) is 8.00. The number of nitrogens with zero attached hydrogens (tertiary/aromatic N) is 2. The Labute approximate surface area is 174 Å². The van der Waals surface area contributed by atoms with Gasteiger partial charge < -0.3 is 20.3 Å². The van der Waals surface area contributed by atoms with Crippen molar-refractivity contribution < 1.29 is 27.9 Å². The molecule has 1 aliphatic heterocycles. The molecule has 166 valence electrons. The van der Waals surface area contributed by atoms with Crippen molar-refractivity contribution in [1.82, 2.24) is 20.4 Å². The van der Waals surface area contributed by atoms with E-state index in [1.807, 2.05) is 20.8 Å². The topological polar surface area (TPSA) is 91.0 Å². The van der Waals surface area contributed by atoms with E-state index in [2.05, 4.69) is 15.5 Å². The largest absolute Gasteiger partial charge is 0.444 e. The van der Waals surface area contributed by atoms with Crippen LogP contribution >= 0.6 is 0 Å². The van der Waals surface area contributed by atoms with E-state index < -0.39 is 29.0 Å². The zero-order valence-electron chi connectivity index (χ0n) is 17.5. The summed E-state index contributed by atoms with van der Waals surface area (Å²) < 4.78 is 31.6. The lowest BCUT2D eigenvalue weighted by Crippen LogP contribution is -2.51. The van der Waals surface area contributed by atoms with E-state index in [-0.39, 0.29) is 18.2 Å². The third-order valence-corrected chi connectivity index (χ3v) is 4.31. The van der Waals surface area contributed by atoms with Crippen LogP contribution in [0.3, 0.4) is 0 Å². The molecular weight excluding hydrogens is 398 g/mol. The normalized spacial score (nSPS) is 14.9. The smallest absolute Gasteiger partial charge is 0.410 e. The Morgan fingerprint density at radius 3 is 2.17 bits per heavy atom. The highest BCUT2D eigenvalue weighted by Gasteiger charge is 2.25. The Balaban J connectivity index is 1.63. The highest BCUT2D eigenvalue weighted by molar-refractivity contribution is 5.96. The Hall–Kier alpha value is -2.75. The van der Waals surface area contributed by atoms with Crippen LogP contribution in [-0.4, -0.2) is 79.1 Å². The van der Waals surface area contributed by atoms with Gasteiger partial charge in [-0.2, -0.15) is 0 Å². The summed E-state index contributed by atoms with van der Waals surface area (Å²) in [7, 11) is 0. The number of piperazine rings is 1. The van der Waals surface area contributed by atoms with Gasteiger partial charge in [0, 0.05) is 50.9 Å². The lowest BCUT2D eigenvalue weighted by molar-refractivity contribution is -0.120. The van der Waals surface area contributed by atoms with Crippen molar-refractivity contribution in [1.29, 1.82) is 0 Å². The van der Waals surface area contributed by atoms with E-state index in [9.17, 15) is 23.2 Å². The number of rotatable bonds is 6. The number of carbonyl (C=O) groups is 3. The second kappa shape index (κ2) is 10.3. The first kappa shape index (κ1) is 23.5. The molecule has 0 atom stereocenters. The number of nitrogens with one attached hydrogen (secondary N) is 2. The molecule has 1 aromatic carbocycles. The molecule has 1 heterocycles. The Kier molecular flexibility index (Phi) is 8.10. The molecule has 1 fully saturated rings. The number of benzene rings is 1. The third-order valence-electron chi connectivity index (χ3n) is 4.31. The van der Waals surface area contributed by atoms with Gasteiger partial charge in [0.1, 0.15) is 17.2 Å². The van der Waals surface area contributed by atoms with Gasteiger partial charge in [-0.05, 0) is 32.9 Å². The van der Waals surface area contributed by atoms with Gasteiger partial charge >= 0.3 is 6.09 Å². The van der Waals surface area contributed by atoms with Crippen molar-refractivity contribution in [3.63, 3.8) is 0 Å². The predicted octanol–water partition coefficient (Wildman–Crippen LogP) is 1.36. The molecule has 8 nitrogen and oxygen atoms in total. The fourth-order valence-electron chi connectivity index (χ4n) is 2.84. The average molecular weight is 426 g/mol. The minimum Gasteiger partial charge on any atom is -0.444 e. The molecule has 0 spiro atoms. The molecule has 1 aliphatic rings. The zero-order valence-corrected chi connectivity index (χ0v) is 17.5. The highest BCUT2D eigenvalue weighted by Crippen LogP contribution is 2.11. The maximum Gasteiger partial charge on any atom is 0.410 e. The van der Waals surface area contributed by atoms with E-state index in [1.54, 1.807) is 4.90 Å². The molecule has 2 N–H and O–H groups in total. The molecule has 0 saturated carbocycles. The fraction of sp³-hybridized carbons (Fsp3) is 0.550. The van der Waals surface area contributed by atoms with E-state index in [4.69, 9.17) is 4.74 Å². The van der Waals surface area contributed by atoms with E-state index in [0.29, 0.717) is 45.3 Å². The summed E-state index contributed by atoms with van der Waals surface area (Å²) >= 11 is 0. The Bertz CT molecular complexity index is 754. The summed E-state index contributed by atoms with van der Waals surface area (Å²) in [6.07, 6.45) is -0.329. The van der Waals surface area contributed by atoms with Crippen molar-refractivity contribution in [3.8, 4) is 0 Å². The van der Waals surface area contributed by atoms with Crippen LogP contribution in [0.4, 0.5) is 13.6 Å². The lowest BCUT2D eigenvalue weighted by atomic mass is 10.2. The molecule has 3 amide bonds. The summed E-state index contributed by atoms with van der Waals surface area (Å²) in [5, 5.41) is 5.00. The predicted molar refractivity (Wildman–Crippen MR) is 106 cm³/mol. The summed E-state index contributed by atoms with van der Waals surface area (Å²) in [5.41, 5.74) is -0.723. The average Bonchev–Trinajstić information content (AvgIpc) is 2.64. The van der Waals surface area contributed by atoms with Crippen LogP contribution in [0.1, 0.15) is 31.1 Å². The lowest BCUT2D eigenvalue weighted by Gasteiger charge is -2.35. The van der Waals surface area contributed by atoms with E-state index >= 15 is 0 Å². The van der Waals surface area contributed by atoms with E-state index in [0.717, 1.165) is 12.1 Å². The second-order valence-electron chi connectivity index (χ2n) is 8.00. The van der Waals surface area contributed by atoms with Gasteiger partial charge in [-0.1, -0.05) is 0 Å². The minimum absolute atomic E-state index is 0.192. The van der Waals surface area contributed by atoms with Crippen LogP contribution in [0.5, 0.6) is 0 Å². The Morgan fingerprint density at radius 2 is 1.60 bits per heavy atom. The Morgan fingerprint density at radius 1 is 1.00 bits per heavy atom. The van der Waals surface area contributed by atoms with Crippen molar-refractivity contribution in [2.45, 2.75) is 26.4 Å². The number of carbonyl (C=O) groups excluding carboxylic acids is 3. The SMILES string of the molecule is CC(C)(C)OC(=O)N1CCN(CCNC(=O)CNC(=O)c2cc(F)cc(F)c2)CC1. The van der Waals surface area contributed by atoms with Crippen molar-refractivity contribution >= 4 is 17.9 Å². The van der Waals surface area contributed by atoms with Gasteiger partial charge in [0.15, 0.2) is 0 Å². The van der Waals surface area contributed by atoms with E-state index in [1.165, 1.54) is 0 Å². The highest BCUT2D eigenvalue weighted by atomic mass is 19.1. The molecule has 10 heteroatoms.